The van der Waals surface area contributed by atoms with Gasteiger partial charge in [0.25, 0.3) is 0 Å². The van der Waals surface area contributed by atoms with E-state index in [1.807, 2.05) is 42.5 Å². The first kappa shape index (κ1) is 15.2. The van der Waals surface area contributed by atoms with Crippen LogP contribution < -0.4 is 10.1 Å². The number of methoxy groups -OCH3 is 1. The van der Waals surface area contributed by atoms with Gasteiger partial charge in [0, 0.05) is 31.3 Å². The molecule has 0 fully saturated rings. The number of oxazole rings is 1. The fourth-order valence-corrected chi connectivity index (χ4v) is 2.22. The lowest BCUT2D eigenvalue weighted by Crippen LogP contribution is -2.17. The van der Waals surface area contributed by atoms with Crippen molar-refractivity contribution >= 4 is 0 Å². The molecule has 1 aromatic carbocycles. The third-order valence-electron chi connectivity index (χ3n) is 3.48. The lowest BCUT2D eigenvalue weighted by Gasteiger charge is -2.02. The zero-order valence-corrected chi connectivity index (χ0v) is 13.0. The van der Waals surface area contributed by atoms with Crippen LogP contribution in [-0.4, -0.2) is 23.6 Å². The smallest absolute Gasteiger partial charge is 0.226 e. The molecule has 5 nitrogen and oxygen atoms in total. The molecular formula is C18H19N3O2. The Morgan fingerprint density at radius 3 is 2.70 bits per heavy atom. The second-order valence-electron chi connectivity index (χ2n) is 5.12. The van der Waals surface area contributed by atoms with Crippen LogP contribution >= 0.6 is 0 Å². The lowest BCUT2D eigenvalue weighted by atomic mass is 10.2. The lowest BCUT2D eigenvalue weighted by molar-refractivity contribution is 0.415. The molecule has 0 aliphatic rings. The van der Waals surface area contributed by atoms with Crippen LogP contribution in [0.1, 0.15) is 11.4 Å². The van der Waals surface area contributed by atoms with Crippen molar-refractivity contribution in [1.82, 2.24) is 15.3 Å². The largest absolute Gasteiger partial charge is 0.497 e. The normalized spacial score (nSPS) is 10.7. The first-order chi connectivity index (χ1) is 11.3. The monoisotopic (exact) mass is 309 g/mol. The molecular weight excluding hydrogens is 290 g/mol. The predicted molar refractivity (Wildman–Crippen MR) is 88.1 cm³/mol. The van der Waals surface area contributed by atoms with E-state index in [-0.39, 0.29) is 0 Å². The molecule has 23 heavy (non-hydrogen) atoms. The SMILES string of the molecule is COc1ccc(-c2nc(CCNCc3ccccn3)co2)cc1. The first-order valence-electron chi connectivity index (χ1n) is 7.54. The molecule has 0 unspecified atom stereocenters. The number of hydrogen-bond acceptors (Lipinski definition) is 5. The number of aromatic nitrogens is 2. The summed E-state index contributed by atoms with van der Waals surface area (Å²) in [6, 6.07) is 13.6. The van der Waals surface area contributed by atoms with E-state index in [0.29, 0.717) is 5.89 Å². The molecule has 0 aliphatic carbocycles. The zero-order valence-electron chi connectivity index (χ0n) is 13.0. The Labute approximate surface area is 135 Å². The highest BCUT2D eigenvalue weighted by molar-refractivity contribution is 5.54. The van der Waals surface area contributed by atoms with Gasteiger partial charge in [-0.2, -0.15) is 0 Å². The fraction of sp³-hybridized carbons (Fsp3) is 0.222. The maximum absolute atomic E-state index is 5.55. The van der Waals surface area contributed by atoms with E-state index in [1.54, 1.807) is 19.6 Å². The molecule has 0 aliphatic heterocycles. The Kier molecular flexibility index (Phi) is 5.01. The van der Waals surface area contributed by atoms with Crippen molar-refractivity contribution in [3.05, 3.63) is 66.3 Å². The molecule has 2 aromatic heterocycles. The van der Waals surface area contributed by atoms with Crippen LogP contribution in [0, 0.1) is 0 Å². The van der Waals surface area contributed by atoms with Gasteiger partial charge in [-0.15, -0.1) is 0 Å². The molecule has 0 saturated heterocycles. The third kappa shape index (κ3) is 4.17. The van der Waals surface area contributed by atoms with E-state index < -0.39 is 0 Å². The fourth-order valence-electron chi connectivity index (χ4n) is 2.22. The van der Waals surface area contributed by atoms with E-state index in [0.717, 1.165) is 42.2 Å². The summed E-state index contributed by atoms with van der Waals surface area (Å²) in [5.41, 5.74) is 2.91. The van der Waals surface area contributed by atoms with Crippen molar-refractivity contribution in [2.24, 2.45) is 0 Å². The summed E-state index contributed by atoms with van der Waals surface area (Å²) >= 11 is 0. The molecule has 0 spiro atoms. The van der Waals surface area contributed by atoms with Crippen LogP contribution in [0.3, 0.4) is 0 Å². The minimum atomic E-state index is 0.632. The van der Waals surface area contributed by atoms with E-state index in [4.69, 9.17) is 9.15 Å². The van der Waals surface area contributed by atoms with Crippen LogP contribution in [0.2, 0.25) is 0 Å². The van der Waals surface area contributed by atoms with Gasteiger partial charge in [-0.05, 0) is 36.4 Å². The molecule has 3 aromatic rings. The molecule has 5 heteroatoms. The van der Waals surface area contributed by atoms with Crippen molar-refractivity contribution in [2.45, 2.75) is 13.0 Å². The van der Waals surface area contributed by atoms with Gasteiger partial charge in [0.1, 0.15) is 12.0 Å². The van der Waals surface area contributed by atoms with Crippen molar-refractivity contribution in [3.8, 4) is 17.2 Å². The molecule has 0 saturated carbocycles. The van der Waals surface area contributed by atoms with Crippen LogP contribution in [0.4, 0.5) is 0 Å². The molecule has 0 bridgehead atoms. The maximum atomic E-state index is 5.55. The number of nitrogens with zero attached hydrogens (tertiary/aromatic N) is 2. The highest BCUT2D eigenvalue weighted by Gasteiger charge is 2.06. The Morgan fingerprint density at radius 2 is 1.96 bits per heavy atom. The van der Waals surface area contributed by atoms with Crippen molar-refractivity contribution in [1.29, 1.82) is 0 Å². The second-order valence-corrected chi connectivity index (χ2v) is 5.12. The van der Waals surface area contributed by atoms with Gasteiger partial charge in [0.15, 0.2) is 0 Å². The minimum absolute atomic E-state index is 0.632. The topological polar surface area (TPSA) is 60.2 Å². The van der Waals surface area contributed by atoms with Gasteiger partial charge in [-0.3, -0.25) is 4.98 Å². The van der Waals surface area contributed by atoms with E-state index in [1.165, 1.54) is 0 Å². The predicted octanol–water partition coefficient (Wildman–Crippen LogP) is 3.08. The summed E-state index contributed by atoms with van der Waals surface area (Å²) in [5.74, 6) is 1.45. The average Bonchev–Trinajstić information content (AvgIpc) is 3.09. The van der Waals surface area contributed by atoms with Crippen molar-refractivity contribution in [3.63, 3.8) is 0 Å². The molecule has 0 amide bonds. The van der Waals surface area contributed by atoms with Crippen molar-refractivity contribution in [2.75, 3.05) is 13.7 Å². The summed E-state index contributed by atoms with van der Waals surface area (Å²) in [6.07, 6.45) is 4.32. The standard InChI is InChI=1S/C18H19N3O2/c1-22-17-7-5-14(6-8-17)18-21-16(13-23-18)9-11-19-12-15-4-2-3-10-20-15/h2-8,10,13,19H,9,11-12H2,1H3. The molecule has 1 N–H and O–H groups in total. The van der Waals surface area contributed by atoms with Crippen LogP contribution in [0.15, 0.2) is 59.3 Å². The number of pyridine rings is 1. The average molecular weight is 309 g/mol. The first-order valence-corrected chi connectivity index (χ1v) is 7.54. The van der Waals surface area contributed by atoms with Gasteiger partial charge < -0.3 is 14.5 Å². The summed E-state index contributed by atoms with van der Waals surface area (Å²) in [6.45, 7) is 1.58. The number of nitrogens with one attached hydrogen (secondary N) is 1. The zero-order chi connectivity index (χ0) is 15.9. The molecule has 0 atom stereocenters. The number of hydrogen-bond donors (Lipinski definition) is 1. The van der Waals surface area contributed by atoms with Gasteiger partial charge in [-0.1, -0.05) is 6.07 Å². The molecule has 3 rings (SSSR count). The van der Waals surface area contributed by atoms with E-state index in [2.05, 4.69) is 15.3 Å². The van der Waals surface area contributed by atoms with Crippen molar-refractivity contribution < 1.29 is 9.15 Å². The van der Waals surface area contributed by atoms with Crippen LogP contribution in [0.25, 0.3) is 11.5 Å². The molecule has 118 valence electrons. The summed E-state index contributed by atoms with van der Waals surface area (Å²) in [5, 5.41) is 3.35. The second kappa shape index (κ2) is 7.56. The summed E-state index contributed by atoms with van der Waals surface area (Å²) in [4.78, 5) is 8.79. The Morgan fingerprint density at radius 1 is 1.09 bits per heavy atom. The Bertz CT molecular complexity index is 724. The summed E-state index contributed by atoms with van der Waals surface area (Å²) in [7, 11) is 1.65. The van der Waals surface area contributed by atoms with Gasteiger partial charge in [0.05, 0.1) is 18.5 Å². The number of benzene rings is 1. The van der Waals surface area contributed by atoms with Gasteiger partial charge >= 0.3 is 0 Å². The highest BCUT2D eigenvalue weighted by Crippen LogP contribution is 2.21. The maximum Gasteiger partial charge on any atom is 0.226 e. The quantitative estimate of drug-likeness (QED) is 0.680. The van der Waals surface area contributed by atoms with Gasteiger partial charge in [-0.25, -0.2) is 4.98 Å². The number of rotatable bonds is 7. The highest BCUT2D eigenvalue weighted by atomic mass is 16.5. The van der Waals surface area contributed by atoms with Gasteiger partial charge in [0.2, 0.25) is 5.89 Å². The Hall–Kier alpha value is -2.66. The van der Waals surface area contributed by atoms with Crippen LogP contribution in [0.5, 0.6) is 5.75 Å². The van der Waals surface area contributed by atoms with Crippen LogP contribution in [-0.2, 0) is 13.0 Å². The number of ether oxygens (including phenoxy) is 1. The third-order valence-corrected chi connectivity index (χ3v) is 3.48. The minimum Gasteiger partial charge on any atom is -0.497 e. The Balaban J connectivity index is 1.51. The van der Waals surface area contributed by atoms with E-state index >= 15 is 0 Å². The van der Waals surface area contributed by atoms with E-state index in [9.17, 15) is 0 Å². The summed E-state index contributed by atoms with van der Waals surface area (Å²) < 4.78 is 10.7. The molecule has 2 heterocycles. The molecule has 0 radical (unpaired) electrons.